The summed E-state index contributed by atoms with van der Waals surface area (Å²) in [5, 5.41) is 2.38. The maximum absolute atomic E-state index is 11.7. The molecule has 0 saturated heterocycles. The lowest BCUT2D eigenvalue weighted by molar-refractivity contribution is -0.134. The molecular formula is C25H34O2. The highest BCUT2D eigenvalue weighted by Gasteiger charge is 2.23. The van der Waals surface area contributed by atoms with Crippen molar-refractivity contribution in [2.45, 2.75) is 78.1 Å². The van der Waals surface area contributed by atoms with Crippen LogP contribution in [0, 0.1) is 11.8 Å². The quantitative estimate of drug-likeness (QED) is 0.381. The molecule has 1 saturated carbocycles. The van der Waals surface area contributed by atoms with Crippen LogP contribution in [0.25, 0.3) is 10.8 Å². The van der Waals surface area contributed by atoms with Gasteiger partial charge in [-0.05, 0) is 84.7 Å². The molecule has 2 aromatic carbocycles. The van der Waals surface area contributed by atoms with Gasteiger partial charge in [0, 0.05) is 6.42 Å². The Labute approximate surface area is 164 Å². The molecule has 0 spiro atoms. The molecule has 2 heteroatoms. The van der Waals surface area contributed by atoms with Crippen LogP contribution in [0.1, 0.15) is 83.6 Å². The second-order valence-electron chi connectivity index (χ2n) is 8.46. The molecule has 0 aliphatic heterocycles. The molecular weight excluding hydrogens is 332 g/mol. The smallest absolute Gasteiger partial charge is 0.311 e. The van der Waals surface area contributed by atoms with Crippen molar-refractivity contribution in [2.24, 2.45) is 11.8 Å². The van der Waals surface area contributed by atoms with E-state index < -0.39 is 0 Å². The molecule has 0 heterocycles. The van der Waals surface area contributed by atoms with Crippen LogP contribution >= 0.6 is 0 Å². The molecule has 1 fully saturated rings. The third-order valence-corrected chi connectivity index (χ3v) is 6.27. The molecule has 1 aliphatic rings. The number of carbonyl (C=O) groups is 1. The number of rotatable bonds is 7. The predicted octanol–water partition coefficient (Wildman–Crippen LogP) is 7.26. The average Bonchev–Trinajstić information content (AvgIpc) is 2.68. The van der Waals surface area contributed by atoms with E-state index in [9.17, 15) is 4.79 Å². The van der Waals surface area contributed by atoms with Crippen molar-refractivity contribution < 1.29 is 9.53 Å². The van der Waals surface area contributed by atoms with E-state index in [-0.39, 0.29) is 5.97 Å². The van der Waals surface area contributed by atoms with E-state index in [2.05, 4.69) is 38.1 Å². The monoisotopic (exact) mass is 366 g/mol. The summed E-state index contributed by atoms with van der Waals surface area (Å²) in [7, 11) is 0. The van der Waals surface area contributed by atoms with E-state index >= 15 is 0 Å². The fourth-order valence-electron chi connectivity index (χ4n) is 4.41. The Bertz CT molecular complexity index is 756. The summed E-state index contributed by atoms with van der Waals surface area (Å²) >= 11 is 0. The van der Waals surface area contributed by atoms with E-state index in [4.69, 9.17) is 4.74 Å². The largest absolute Gasteiger partial charge is 0.427 e. The van der Waals surface area contributed by atoms with Gasteiger partial charge in [-0.2, -0.15) is 0 Å². The highest BCUT2D eigenvalue weighted by molar-refractivity contribution is 5.85. The zero-order valence-corrected chi connectivity index (χ0v) is 17.2. The van der Waals surface area contributed by atoms with Gasteiger partial charge >= 0.3 is 5.97 Å². The van der Waals surface area contributed by atoms with Gasteiger partial charge in [0.25, 0.3) is 0 Å². The molecule has 146 valence electrons. The van der Waals surface area contributed by atoms with Crippen LogP contribution in [0.15, 0.2) is 36.4 Å². The molecule has 1 atom stereocenters. The first-order chi connectivity index (χ1) is 13.1. The Morgan fingerprint density at radius 1 is 1.04 bits per heavy atom. The van der Waals surface area contributed by atoms with Gasteiger partial charge in [0.05, 0.1) is 0 Å². The second-order valence-corrected chi connectivity index (χ2v) is 8.46. The number of hydrogen-bond donors (Lipinski definition) is 0. The van der Waals surface area contributed by atoms with E-state index in [1.807, 2.05) is 19.1 Å². The van der Waals surface area contributed by atoms with E-state index in [1.54, 1.807) is 0 Å². The molecule has 0 amide bonds. The molecule has 2 nitrogen and oxygen atoms in total. The van der Waals surface area contributed by atoms with Crippen LogP contribution in [-0.2, 0) is 4.79 Å². The minimum absolute atomic E-state index is 0.150. The van der Waals surface area contributed by atoms with Crippen LogP contribution in [0.5, 0.6) is 5.75 Å². The van der Waals surface area contributed by atoms with Crippen LogP contribution in [-0.4, -0.2) is 5.97 Å². The maximum Gasteiger partial charge on any atom is 0.311 e. The summed E-state index contributed by atoms with van der Waals surface area (Å²) in [4.78, 5) is 11.7. The molecule has 2 aromatic rings. The molecule has 0 radical (unpaired) electrons. The highest BCUT2D eigenvalue weighted by Crippen LogP contribution is 2.39. The van der Waals surface area contributed by atoms with Crippen LogP contribution < -0.4 is 4.74 Å². The fraction of sp³-hybridized carbons (Fsp3) is 0.560. The molecule has 27 heavy (non-hydrogen) atoms. The van der Waals surface area contributed by atoms with Crippen molar-refractivity contribution in [1.82, 2.24) is 0 Å². The molecule has 0 aromatic heterocycles. The van der Waals surface area contributed by atoms with E-state index in [1.165, 1.54) is 49.5 Å². The summed E-state index contributed by atoms with van der Waals surface area (Å²) in [6, 6.07) is 12.8. The van der Waals surface area contributed by atoms with Crippen LogP contribution in [0.3, 0.4) is 0 Å². The topological polar surface area (TPSA) is 26.3 Å². The summed E-state index contributed by atoms with van der Waals surface area (Å²) in [5.74, 6) is 3.00. The highest BCUT2D eigenvalue weighted by atomic mass is 16.5. The Hall–Kier alpha value is -1.83. The zero-order valence-electron chi connectivity index (χ0n) is 17.2. The Morgan fingerprint density at radius 2 is 1.74 bits per heavy atom. The first-order valence-corrected chi connectivity index (χ1v) is 10.8. The van der Waals surface area contributed by atoms with Crippen molar-refractivity contribution in [3.63, 3.8) is 0 Å². The summed E-state index contributed by atoms with van der Waals surface area (Å²) in [5.41, 5.74) is 1.47. The first kappa shape index (κ1) is 19.9. The van der Waals surface area contributed by atoms with Crippen molar-refractivity contribution in [3.8, 4) is 5.75 Å². The standard InChI is InChI=1S/C25H34O2/c1-4-6-25(26)27-24-14-13-22-16-21(11-12-23(22)17-24)20-9-7-19(8-10-20)15-18(3)5-2/h11-14,16-20H,4-10,15H2,1-3H3. The summed E-state index contributed by atoms with van der Waals surface area (Å²) in [6.45, 7) is 6.69. The van der Waals surface area contributed by atoms with E-state index in [0.717, 1.165) is 23.6 Å². The first-order valence-electron chi connectivity index (χ1n) is 10.8. The average molecular weight is 367 g/mol. The lowest BCUT2D eigenvalue weighted by atomic mass is 9.75. The maximum atomic E-state index is 11.7. The molecule has 1 aliphatic carbocycles. The van der Waals surface area contributed by atoms with Gasteiger partial charge in [0.15, 0.2) is 0 Å². The Morgan fingerprint density at radius 3 is 2.44 bits per heavy atom. The van der Waals surface area contributed by atoms with Crippen molar-refractivity contribution in [3.05, 3.63) is 42.0 Å². The van der Waals surface area contributed by atoms with Gasteiger partial charge in [0.2, 0.25) is 0 Å². The minimum Gasteiger partial charge on any atom is -0.427 e. The summed E-state index contributed by atoms with van der Waals surface area (Å²) < 4.78 is 5.42. The predicted molar refractivity (Wildman–Crippen MR) is 113 cm³/mol. The van der Waals surface area contributed by atoms with Gasteiger partial charge in [0.1, 0.15) is 5.75 Å². The van der Waals surface area contributed by atoms with Gasteiger partial charge in [-0.15, -0.1) is 0 Å². The number of hydrogen-bond acceptors (Lipinski definition) is 2. The number of ether oxygens (including phenoxy) is 1. The SMILES string of the molecule is CCCC(=O)Oc1ccc2cc(C3CCC(CC(C)CC)CC3)ccc2c1. The fourth-order valence-corrected chi connectivity index (χ4v) is 4.41. The third-order valence-electron chi connectivity index (χ3n) is 6.27. The normalized spacial score (nSPS) is 21.1. The Kier molecular flexibility index (Phi) is 6.93. The van der Waals surface area contributed by atoms with Gasteiger partial charge < -0.3 is 4.74 Å². The van der Waals surface area contributed by atoms with Crippen molar-refractivity contribution >= 4 is 16.7 Å². The summed E-state index contributed by atoms with van der Waals surface area (Å²) in [6.07, 6.45) is 9.38. The van der Waals surface area contributed by atoms with Gasteiger partial charge in [-0.25, -0.2) is 0 Å². The lowest BCUT2D eigenvalue weighted by Crippen LogP contribution is -2.15. The Balaban J connectivity index is 1.64. The lowest BCUT2D eigenvalue weighted by Gasteiger charge is -2.30. The number of fused-ring (bicyclic) bond motifs is 1. The number of esters is 1. The minimum atomic E-state index is -0.150. The van der Waals surface area contributed by atoms with Crippen molar-refractivity contribution in [1.29, 1.82) is 0 Å². The second kappa shape index (κ2) is 9.39. The van der Waals surface area contributed by atoms with E-state index in [0.29, 0.717) is 18.1 Å². The van der Waals surface area contributed by atoms with Gasteiger partial charge in [-0.3, -0.25) is 4.79 Å². The molecule has 0 N–H and O–H groups in total. The third kappa shape index (κ3) is 5.34. The number of carbonyl (C=O) groups excluding carboxylic acids is 1. The van der Waals surface area contributed by atoms with Crippen LogP contribution in [0.2, 0.25) is 0 Å². The molecule has 1 unspecified atom stereocenters. The van der Waals surface area contributed by atoms with Crippen molar-refractivity contribution in [2.75, 3.05) is 0 Å². The zero-order chi connectivity index (χ0) is 19.2. The number of benzene rings is 2. The molecule has 0 bridgehead atoms. The van der Waals surface area contributed by atoms with Crippen LogP contribution in [0.4, 0.5) is 0 Å². The molecule has 3 rings (SSSR count). The van der Waals surface area contributed by atoms with Gasteiger partial charge in [-0.1, -0.05) is 51.5 Å².